The lowest BCUT2D eigenvalue weighted by molar-refractivity contribution is 0.714. The fourth-order valence-corrected chi connectivity index (χ4v) is 1.56. The lowest BCUT2D eigenvalue weighted by Crippen LogP contribution is -2.11. The molecule has 2 aromatic rings. The number of nitrogens with one attached hydrogen (secondary N) is 2. The second-order valence-corrected chi connectivity index (χ2v) is 3.73. The Morgan fingerprint density at radius 3 is 3.00 bits per heavy atom. The summed E-state index contributed by atoms with van der Waals surface area (Å²) < 4.78 is 0. The van der Waals surface area contributed by atoms with Crippen molar-refractivity contribution < 1.29 is 0 Å². The third-order valence-electron chi connectivity index (χ3n) is 2.49. The molecule has 0 radical (unpaired) electrons. The maximum atomic E-state index is 4.36. The van der Waals surface area contributed by atoms with E-state index in [9.17, 15) is 0 Å². The smallest absolute Gasteiger partial charge is 0.139 e. The van der Waals surface area contributed by atoms with Crippen LogP contribution in [0.4, 0.5) is 0 Å². The van der Waals surface area contributed by atoms with Crippen LogP contribution in [0.15, 0.2) is 24.7 Å². The van der Waals surface area contributed by atoms with E-state index in [0.717, 1.165) is 30.2 Å². The van der Waals surface area contributed by atoms with Crippen LogP contribution < -0.4 is 5.32 Å². The summed E-state index contributed by atoms with van der Waals surface area (Å²) in [4.78, 5) is 11.8. The van der Waals surface area contributed by atoms with Gasteiger partial charge in [0.1, 0.15) is 5.82 Å². The summed E-state index contributed by atoms with van der Waals surface area (Å²) in [6.07, 6.45) is 5.50. The molecule has 0 fully saturated rings. The van der Waals surface area contributed by atoms with E-state index < -0.39 is 0 Å². The van der Waals surface area contributed by atoms with Gasteiger partial charge in [0.2, 0.25) is 0 Å². The summed E-state index contributed by atoms with van der Waals surface area (Å²) in [5, 5.41) is 3.26. The van der Waals surface area contributed by atoms with Gasteiger partial charge in [0.05, 0.1) is 0 Å². The average Bonchev–Trinajstić information content (AvgIpc) is 2.75. The van der Waals surface area contributed by atoms with Crippen molar-refractivity contribution in [3.63, 3.8) is 0 Å². The van der Waals surface area contributed by atoms with Gasteiger partial charge >= 0.3 is 0 Å². The molecule has 0 aliphatic rings. The zero-order chi connectivity index (χ0) is 11.4. The Hall–Kier alpha value is -1.68. The van der Waals surface area contributed by atoms with Crippen LogP contribution in [0, 0.1) is 6.92 Å². The average molecular weight is 216 g/mol. The lowest BCUT2D eigenvalue weighted by Gasteiger charge is -2.00. The van der Waals surface area contributed by atoms with Gasteiger partial charge in [-0.3, -0.25) is 4.98 Å². The lowest BCUT2D eigenvalue weighted by atomic mass is 10.1. The summed E-state index contributed by atoms with van der Waals surface area (Å²) in [7, 11) is 0. The molecule has 2 N–H and O–H groups in total. The molecule has 4 nitrogen and oxygen atoms in total. The number of hydrogen-bond donors (Lipinski definition) is 2. The summed E-state index contributed by atoms with van der Waals surface area (Å²) in [6, 6.07) is 1.99. The summed E-state index contributed by atoms with van der Waals surface area (Å²) in [6.45, 7) is 5.93. The minimum Gasteiger partial charge on any atom is -0.341 e. The van der Waals surface area contributed by atoms with E-state index in [1.54, 1.807) is 6.20 Å². The molecule has 84 valence electrons. The Kier molecular flexibility index (Phi) is 3.31. The molecule has 2 aromatic heterocycles. The highest BCUT2D eigenvalue weighted by atomic mass is 15.0. The van der Waals surface area contributed by atoms with E-state index in [2.05, 4.69) is 34.1 Å². The number of aromatic amines is 1. The highest BCUT2D eigenvalue weighted by molar-refractivity contribution is 5.58. The molecular weight excluding hydrogens is 200 g/mol. The predicted octanol–water partition coefficient (Wildman–Crippen LogP) is 1.89. The summed E-state index contributed by atoms with van der Waals surface area (Å²) >= 11 is 0. The number of rotatable bonds is 4. The number of H-pyrrole nitrogens is 1. The maximum Gasteiger partial charge on any atom is 0.139 e. The van der Waals surface area contributed by atoms with E-state index in [1.165, 1.54) is 5.56 Å². The third-order valence-corrected chi connectivity index (χ3v) is 2.49. The largest absolute Gasteiger partial charge is 0.341 e. The summed E-state index contributed by atoms with van der Waals surface area (Å²) in [5.41, 5.74) is 3.34. The van der Waals surface area contributed by atoms with Crippen molar-refractivity contribution >= 4 is 0 Å². The number of pyridine rings is 1. The van der Waals surface area contributed by atoms with Crippen LogP contribution in [-0.2, 0) is 6.54 Å². The molecule has 0 amide bonds. The molecule has 4 heteroatoms. The SMILES string of the molecule is CCNCc1cnc(-c2cnccc2C)[nH]1. The molecule has 0 aromatic carbocycles. The van der Waals surface area contributed by atoms with E-state index in [0.29, 0.717) is 0 Å². The molecular formula is C12H16N4. The zero-order valence-corrected chi connectivity index (χ0v) is 9.62. The van der Waals surface area contributed by atoms with Gasteiger partial charge in [-0.05, 0) is 25.1 Å². The molecule has 0 spiro atoms. The van der Waals surface area contributed by atoms with Gasteiger partial charge < -0.3 is 10.3 Å². The Morgan fingerprint density at radius 2 is 2.25 bits per heavy atom. The van der Waals surface area contributed by atoms with Crippen molar-refractivity contribution in [2.75, 3.05) is 6.54 Å². The van der Waals surface area contributed by atoms with Crippen molar-refractivity contribution in [3.05, 3.63) is 35.9 Å². The molecule has 0 atom stereocenters. The first kappa shape index (κ1) is 10.8. The molecule has 2 heterocycles. The van der Waals surface area contributed by atoms with Gasteiger partial charge in [-0.25, -0.2) is 4.98 Å². The van der Waals surface area contributed by atoms with Gasteiger partial charge in [0, 0.05) is 36.4 Å². The molecule has 2 rings (SSSR count). The minimum atomic E-state index is 0.822. The highest BCUT2D eigenvalue weighted by Crippen LogP contribution is 2.18. The molecule has 0 saturated heterocycles. The topological polar surface area (TPSA) is 53.6 Å². The van der Waals surface area contributed by atoms with E-state index in [-0.39, 0.29) is 0 Å². The number of imidazole rings is 1. The van der Waals surface area contributed by atoms with Crippen LogP contribution >= 0.6 is 0 Å². The van der Waals surface area contributed by atoms with Crippen molar-refractivity contribution in [1.82, 2.24) is 20.3 Å². The van der Waals surface area contributed by atoms with Crippen LogP contribution in [0.3, 0.4) is 0 Å². The third kappa shape index (κ3) is 2.28. The summed E-state index contributed by atoms with van der Waals surface area (Å²) in [5.74, 6) is 0.888. The Balaban J connectivity index is 2.22. The second-order valence-electron chi connectivity index (χ2n) is 3.73. The van der Waals surface area contributed by atoms with Crippen molar-refractivity contribution in [2.24, 2.45) is 0 Å². The number of aromatic nitrogens is 3. The van der Waals surface area contributed by atoms with Crippen LogP contribution in [0.2, 0.25) is 0 Å². The molecule has 0 bridgehead atoms. The Morgan fingerprint density at radius 1 is 1.38 bits per heavy atom. The zero-order valence-electron chi connectivity index (χ0n) is 9.62. The van der Waals surface area contributed by atoms with Gasteiger partial charge in [0.25, 0.3) is 0 Å². The van der Waals surface area contributed by atoms with Crippen molar-refractivity contribution in [1.29, 1.82) is 0 Å². The van der Waals surface area contributed by atoms with E-state index in [4.69, 9.17) is 0 Å². The number of nitrogens with zero attached hydrogens (tertiary/aromatic N) is 2. The monoisotopic (exact) mass is 216 g/mol. The van der Waals surface area contributed by atoms with Crippen molar-refractivity contribution in [3.8, 4) is 11.4 Å². The van der Waals surface area contributed by atoms with Crippen LogP contribution in [0.25, 0.3) is 11.4 Å². The molecule has 0 saturated carbocycles. The first-order valence-corrected chi connectivity index (χ1v) is 5.47. The second kappa shape index (κ2) is 4.90. The van der Waals surface area contributed by atoms with Gasteiger partial charge in [0.15, 0.2) is 0 Å². The van der Waals surface area contributed by atoms with Gasteiger partial charge in [-0.2, -0.15) is 0 Å². The fourth-order valence-electron chi connectivity index (χ4n) is 1.56. The number of aryl methyl sites for hydroxylation is 1. The quantitative estimate of drug-likeness (QED) is 0.820. The van der Waals surface area contributed by atoms with Crippen molar-refractivity contribution in [2.45, 2.75) is 20.4 Å². The van der Waals surface area contributed by atoms with E-state index in [1.807, 2.05) is 18.5 Å². The van der Waals surface area contributed by atoms with Crippen LogP contribution in [0.5, 0.6) is 0 Å². The predicted molar refractivity (Wildman–Crippen MR) is 63.9 cm³/mol. The minimum absolute atomic E-state index is 0.822. The molecule has 0 unspecified atom stereocenters. The Labute approximate surface area is 95.1 Å². The normalized spacial score (nSPS) is 10.6. The molecule has 0 aliphatic carbocycles. The fraction of sp³-hybridized carbons (Fsp3) is 0.333. The first-order valence-electron chi connectivity index (χ1n) is 5.47. The van der Waals surface area contributed by atoms with E-state index >= 15 is 0 Å². The molecule has 16 heavy (non-hydrogen) atoms. The Bertz CT molecular complexity index is 462. The van der Waals surface area contributed by atoms with Gasteiger partial charge in [-0.1, -0.05) is 6.92 Å². The molecule has 0 aliphatic heterocycles. The number of hydrogen-bond acceptors (Lipinski definition) is 3. The highest BCUT2D eigenvalue weighted by Gasteiger charge is 2.05. The first-order chi connectivity index (χ1) is 7.81. The standard InChI is InChI=1S/C12H16N4/c1-3-13-6-10-7-15-12(16-10)11-8-14-5-4-9(11)2/h4-5,7-8,13H,3,6H2,1-2H3,(H,15,16). The van der Waals surface area contributed by atoms with Crippen LogP contribution in [0.1, 0.15) is 18.2 Å². The maximum absolute atomic E-state index is 4.36. The van der Waals surface area contributed by atoms with Crippen LogP contribution in [-0.4, -0.2) is 21.5 Å². The van der Waals surface area contributed by atoms with Gasteiger partial charge in [-0.15, -0.1) is 0 Å².